The molecule has 1 N–H and O–H groups in total. The fourth-order valence-electron chi connectivity index (χ4n) is 3.03. The van der Waals surface area contributed by atoms with Crippen LogP contribution in [0.5, 0.6) is 0 Å². The highest BCUT2D eigenvalue weighted by molar-refractivity contribution is 7.99. The number of carbonyl (C=O) groups is 2. The quantitative estimate of drug-likeness (QED) is 0.580. The Kier molecular flexibility index (Phi) is 9.55. The molecule has 0 saturated heterocycles. The first-order valence-electron chi connectivity index (χ1n) is 9.87. The Morgan fingerprint density at radius 1 is 1.07 bits per heavy atom. The summed E-state index contributed by atoms with van der Waals surface area (Å²) in [6, 6.07) is 17.0. The molecule has 1 atom stereocenters. The van der Waals surface area contributed by atoms with Crippen LogP contribution in [0.4, 0.5) is 0 Å². The van der Waals surface area contributed by atoms with E-state index in [1.54, 1.807) is 4.90 Å². The first kappa shape index (κ1) is 23.3. The summed E-state index contributed by atoms with van der Waals surface area (Å²) in [7, 11) is 0. The summed E-state index contributed by atoms with van der Waals surface area (Å²) >= 11 is 7.72. The normalized spacial score (nSPS) is 11.9. The van der Waals surface area contributed by atoms with E-state index in [2.05, 4.69) is 5.32 Å². The minimum absolute atomic E-state index is 0.0276. The Bertz CT molecular complexity index is 798. The van der Waals surface area contributed by atoms with Crippen LogP contribution < -0.4 is 5.32 Å². The van der Waals surface area contributed by atoms with Gasteiger partial charge in [0.1, 0.15) is 6.04 Å². The van der Waals surface area contributed by atoms with E-state index in [4.69, 9.17) is 11.6 Å². The molecule has 4 nitrogen and oxygen atoms in total. The first-order chi connectivity index (χ1) is 13.9. The Morgan fingerprint density at radius 3 is 2.34 bits per heavy atom. The van der Waals surface area contributed by atoms with Crippen molar-refractivity contribution in [2.45, 2.75) is 51.6 Å². The molecule has 0 saturated carbocycles. The van der Waals surface area contributed by atoms with Crippen molar-refractivity contribution >= 4 is 35.2 Å². The van der Waals surface area contributed by atoms with Gasteiger partial charge in [-0.05, 0) is 37.5 Å². The zero-order chi connectivity index (χ0) is 21.2. The van der Waals surface area contributed by atoms with Gasteiger partial charge in [0.15, 0.2) is 0 Å². The molecule has 156 valence electrons. The number of hydrogen-bond donors (Lipinski definition) is 1. The van der Waals surface area contributed by atoms with Crippen molar-refractivity contribution in [3.05, 3.63) is 70.7 Å². The third kappa shape index (κ3) is 7.41. The summed E-state index contributed by atoms with van der Waals surface area (Å²) in [6.45, 7) is 6.20. The second-order valence-corrected chi connectivity index (χ2v) is 8.57. The molecular weight excluding hydrogens is 404 g/mol. The highest BCUT2D eigenvalue weighted by Crippen LogP contribution is 2.22. The van der Waals surface area contributed by atoms with Gasteiger partial charge in [-0.15, -0.1) is 11.8 Å². The predicted molar refractivity (Wildman–Crippen MR) is 122 cm³/mol. The van der Waals surface area contributed by atoms with Crippen LogP contribution in [0.3, 0.4) is 0 Å². The molecule has 29 heavy (non-hydrogen) atoms. The molecule has 0 heterocycles. The zero-order valence-electron chi connectivity index (χ0n) is 17.2. The van der Waals surface area contributed by atoms with Gasteiger partial charge in [0.05, 0.1) is 5.75 Å². The van der Waals surface area contributed by atoms with Gasteiger partial charge in [-0.3, -0.25) is 9.59 Å². The molecule has 0 aliphatic carbocycles. The Hall–Kier alpha value is -1.98. The van der Waals surface area contributed by atoms with Gasteiger partial charge in [0.2, 0.25) is 11.8 Å². The number of benzene rings is 2. The summed E-state index contributed by atoms with van der Waals surface area (Å²) in [6.07, 6.45) is 0.562. The van der Waals surface area contributed by atoms with E-state index in [9.17, 15) is 9.59 Å². The van der Waals surface area contributed by atoms with Gasteiger partial charge < -0.3 is 10.2 Å². The Labute approximate surface area is 183 Å². The molecule has 0 aliphatic rings. The van der Waals surface area contributed by atoms with Crippen molar-refractivity contribution in [3.8, 4) is 0 Å². The molecule has 2 aromatic carbocycles. The molecule has 2 amide bonds. The fourth-order valence-corrected chi connectivity index (χ4v) is 4.22. The van der Waals surface area contributed by atoms with Crippen molar-refractivity contribution in [2.75, 3.05) is 5.75 Å². The van der Waals surface area contributed by atoms with Gasteiger partial charge >= 0.3 is 0 Å². The average molecular weight is 433 g/mol. The standard InChI is InChI=1S/C23H29ClN2O2S/c1-4-21(23(28)25-17(2)3)26(14-18-10-6-5-7-11-18)22(27)16-29-15-19-12-8-9-13-20(19)24/h5-13,17,21H,4,14-16H2,1-3H3,(H,25,28). The summed E-state index contributed by atoms with van der Waals surface area (Å²) in [4.78, 5) is 27.5. The maximum atomic E-state index is 13.1. The maximum Gasteiger partial charge on any atom is 0.243 e. The molecule has 0 aliphatic heterocycles. The third-order valence-corrected chi connectivity index (χ3v) is 5.79. The summed E-state index contributed by atoms with van der Waals surface area (Å²) in [5.41, 5.74) is 2.01. The summed E-state index contributed by atoms with van der Waals surface area (Å²) in [5.74, 6) is 0.794. The van der Waals surface area contributed by atoms with E-state index in [1.807, 2.05) is 75.4 Å². The van der Waals surface area contributed by atoms with Gasteiger partial charge in [0.25, 0.3) is 0 Å². The number of thioether (sulfide) groups is 1. The minimum Gasteiger partial charge on any atom is -0.352 e. The van der Waals surface area contributed by atoms with Crippen LogP contribution in [0.2, 0.25) is 5.02 Å². The number of rotatable bonds is 10. The SMILES string of the molecule is CCC(C(=O)NC(C)C)N(Cc1ccccc1)C(=O)CSCc1ccccc1Cl. The maximum absolute atomic E-state index is 13.1. The van der Waals surface area contributed by atoms with E-state index in [0.717, 1.165) is 11.1 Å². The average Bonchev–Trinajstić information content (AvgIpc) is 2.69. The second-order valence-electron chi connectivity index (χ2n) is 7.18. The number of halogens is 1. The fraction of sp³-hybridized carbons (Fsp3) is 0.391. The number of nitrogens with zero attached hydrogens (tertiary/aromatic N) is 1. The van der Waals surface area contributed by atoms with E-state index in [0.29, 0.717) is 29.5 Å². The van der Waals surface area contributed by atoms with E-state index in [-0.39, 0.29) is 17.9 Å². The molecule has 2 aromatic rings. The van der Waals surface area contributed by atoms with E-state index < -0.39 is 6.04 Å². The van der Waals surface area contributed by atoms with Crippen molar-refractivity contribution in [1.82, 2.24) is 10.2 Å². The molecular formula is C23H29ClN2O2S. The van der Waals surface area contributed by atoms with Gasteiger partial charge in [-0.1, -0.05) is 67.1 Å². The third-order valence-electron chi connectivity index (χ3n) is 4.45. The van der Waals surface area contributed by atoms with Crippen LogP contribution in [0.25, 0.3) is 0 Å². The number of amides is 2. The van der Waals surface area contributed by atoms with Gasteiger partial charge in [-0.2, -0.15) is 0 Å². The molecule has 2 rings (SSSR count). The monoisotopic (exact) mass is 432 g/mol. The highest BCUT2D eigenvalue weighted by atomic mass is 35.5. The summed E-state index contributed by atoms with van der Waals surface area (Å²) < 4.78 is 0. The molecule has 1 unspecified atom stereocenters. The highest BCUT2D eigenvalue weighted by Gasteiger charge is 2.28. The Balaban J connectivity index is 2.11. The Morgan fingerprint density at radius 2 is 1.72 bits per heavy atom. The largest absolute Gasteiger partial charge is 0.352 e. The number of nitrogens with one attached hydrogen (secondary N) is 1. The van der Waals surface area contributed by atoms with Crippen molar-refractivity contribution < 1.29 is 9.59 Å². The van der Waals surface area contributed by atoms with Crippen LogP contribution in [-0.4, -0.2) is 34.6 Å². The number of hydrogen-bond acceptors (Lipinski definition) is 3. The second kappa shape index (κ2) is 11.9. The number of carbonyl (C=O) groups excluding carboxylic acids is 2. The summed E-state index contributed by atoms with van der Waals surface area (Å²) in [5, 5.41) is 3.65. The van der Waals surface area contributed by atoms with E-state index >= 15 is 0 Å². The minimum atomic E-state index is -0.494. The van der Waals surface area contributed by atoms with Crippen LogP contribution in [0, 0.1) is 0 Å². The molecule has 6 heteroatoms. The van der Waals surface area contributed by atoms with Crippen molar-refractivity contribution in [2.24, 2.45) is 0 Å². The molecule has 0 bridgehead atoms. The first-order valence-corrected chi connectivity index (χ1v) is 11.4. The lowest BCUT2D eigenvalue weighted by Crippen LogP contribution is -2.50. The van der Waals surface area contributed by atoms with Crippen molar-refractivity contribution in [3.63, 3.8) is 0 Å². The van der Waals surface area contributed by atoms with Gasteiger partial charge in [0, 0.05) is 23.4 Å². The molecule has 0 radical (unpaired) electrons. The van der Waals surface area contributed by atoms with Crippen LogP contribution >= 0.6 is 23.4 Å². The molecule has 0 fully saturated rings. The van der Waals surface area contributed by atoms with Crippen LogP contribution in [0.15, 0.2) is 54.6 Å². The van der Waals surface area contributed by atoms with Crippen LogP contribution in [0.1, 0.15) is 38.3 Å². The molecule has 0 spiro atoms. The van der Waals surface area contributed by atoms with E-state index in [1.165, 1.54) is 11.8 Å². The lowest BCUT2D eigenvalue weighted by molar-refractivity contribution is -0.139. The zero-order valence-corrected chi connectivity index (χ0v) is 18.8. The predicted octanol–water partition coefficient (Wildman–Crippen LogP) is 4.91. The van der Waals surface area contributed by atoms with Crippen LogP contribution in [-0.2, 0) is 21.9 Å². The lowest BCUT2D eigenvalue weighted by atomic mass is 10.1. The smallest absolute Gasteiger partial charge is 0.243 e. The van der Waals surface area contributed by atoms with Gasteiger partial charge in [-0.25, -0.2) is 0 Å². The van der Waals surface area contributed by atoms with Crippen molar-refractivity contribution in [1.29, 1.82) is 0 Å². The lowest BCUT2D eigenvalue weighted by Gasteiger charge is -2.31. The molecule has 0 aromatic heterocycles. The topological polar surface area (TPSA) is 49.4 Å².